The smallest absolute Gasteiger partial charge is 0.286 e. The summed E-state index contributed by atoms with van der Waals surface area (Å²) in [5.74, 6) is -0.460. The van der Waals surface area contributed by atoms with E-state index in [0.717, 1.165) is 30.2 Å². The third-order valence-corrected chi connectivity index (χ3v) is 5.64. The maximum atomic E-state index is 12.8. The minimum atomic E-state index is -0.460. The molecule has 1 amide bonds. The molecule has 1 unspecified atom stereocenters. The van der Waals surface area contributed by atoms with E-state index in [1.165, 1.54) is 0 Å². The Morgan fingerprint density at radius 2 is 2.17 bits per heavy atom. The lowest BCUT2D eigenvalue weighted by Gasteiger charge is -2.22. The van der Waals surface area contributed by atoms with E-state index in [-0.39, 0.29) is 17.0 Å². The van der Waals surface area contributed by atoms with E-state index in [9.17, 15) is 4.79 Å². The van der Waals surface area contributed by atoms with Gasteiger partial charge in [0.25, 0.3) is 5.91 Å². The standard InChI is InChI=1S/C18H18Cl2N6O2S/c19-11-5-4-10-13(9-7-22-26(8-9)12-3-1-2-6-28-12)16(23-15(10)14(11)20)17(27)24-25-18(21)29/h4-5,7-8,12,23H,1-3,6H2,(H,24,27)(H3,21,25,29). The van der Waals surface area contributed by atoms with Crippen molar-refractivity contribution < 1.29 is 9.53 Å². The van der Waals surface area contributed by atoms with Crippen LogP contribution in [0.1, 0.15) is 36.0 Å². The van der Waals surface area contributed by atoms with Gasteiger partial charge >= 0.3 is 0 Å². The lowest BCUT2D eigenvalue weighted by Crippen LogP contribution is -2.44. The number of hydrogen-bond donors (Lipinski definition) is 4. The number of carbonyl (C=O) groups excluding carboxylic acids is 1. The molecule has 1 aliphatic heterocycles. The molecule has 5 N–H and O–H groups in total. The second-order valence-electron chi connectivity index (χ2n) is 6.63. The minimum absolute atomic E-state index is 0.0562. The van der Waals surface area contributed by atoms with Gasteiger partial charge in [0.05, 0.1) is 21.8 Å². The van der Waals surface area contributed by atoms with Gasteiger partial charge in [-0.3, -0.25) is 15.6 Å². The number of aromatic nitrogens is 3. The highest BCUT2D eigenvalue weighted by atomic mass is 35.5. The van der Waals surface area contributed by atoms with E-state index < -0.39 is 5.91 Å². The number of rotatable bonds is 3. The fraction of sp³-hybridized carbons (Fsp3) is 0.278. The Hall–Kier alpha value is -2.33. The zero-order valence-corrected chi connectivity index (χ0v) is 17.5. The Bertz CT molecular complexity index is 1090. The van der Waals surface area contributed by atoms with Gasteiger partial charge in [-0.25, -0.2) is 4.68 Å². The molecular formula is C18H18Cl2N6O2S. The molecular weight excluding hydrogens is 435 g/mol. The van der Waals surface area contributed by atoms with Crippen molar-refractivity contribution in [1.82, 2.24) is 25.6 Å². The molecule has 0 spiro atoms. The number of halogens is 2. The van der Waals surface area contributed by atoms with Crippen molar-refractivity contribution in [3.8, 4) is 11.1 Å². The molecule has 1 aromatic carbocycles. The first kappa shape index (κ1) is 20.0. The number of nitrogens with one attached hydrogen (secondary N) is 3. The molecule has 152 valence electrons. The van der Waals surface area contributed by atoms with E-state index in [0.29, 0.717) is 27.7 Å². The lowest BCUT2D eigenvalue weighted by molar-refractivity contribution is -0.0394. The average molecular weight is 453 g/mol. The van der Waals surface area contributed by atoms with Crippen LogP contribution in [0.4, 0.5) is 0 Å². The summed E-state index contributed by atoms with van der Waals surface area (Å²) >= 11 is 17.3. The van der Waals surface area contributed by atoms with Gasteiger partial charge in [-0.2, -0.15) is 5.10 Å². The number of aromatic amines is 1. The summed E-state index contributed by atoms with van der Waals surface area (Å²) in [7, 11) is 0. The van der Waals surface area contributed by atoms with Crippen LogP contribution in [0.5, 0.6) is 0 Å². The van der Waals surface area contributed by atoms with Gasteiger partial charge in [0.15, 0.2) is 5.11 Å². The molecule has 0 radical (unpaired) electrons. The van der Waals surface area contributed by atoms with Crippen LogP contribution in [0.25, 0.3) is 22.0 Å². The number of benzene rings is 1. The summed E-state index contributed by atoms with van der Waals surface area (Å²) in [6, 6.07) is 3.49. The summed E-state index contributed by atoms with van der Waals surface area (Å²) in [6.07, 6.45) is 6.46. The summed E-state index contributed by atoms with van der Waals surface area (Å²) in [5, 5.41) is 5.84. The van der Waals surface area contributed by atoms with Crippen molar-refractivity contribution in [1.29, 1.82) is 0 Å². The number of carbonyl (C=O) groups is 1. The molecule has 1 atom stereocenters. The first-order valence-electron chi connectivity index (χ1n) is 8.97. The normalized spacial score (nSPS) is 16.7. The number of hydrogen-bond acceptors (Lipinski definition) is 4. The molecule has 0 saturated carbocycles. The number of nitrogens with zero attached hydrogens (tertiary/aromatic N) is 2. The summed E-state index contributed by atoms with van der Waals surface area (Å²) in [6.45, 7) is 0.708. The highest BCUT2D eigenvalue weighted by Crippen LogP contribution is 2.38. The van der Waals surface area contributed by atoms with Gasteiger partial charge in [-0.1, -0.05) is 29.3 Å². The van der Waals surface area contributed by atoms with Gasteiger partial charge in [-0.15, -0.1) is 0 Å². The topological polar surface area (TPSA) is 110 Å². The third kappa shape index (κ3) is 3.91. The fourth-order valence-electron chi connectivity index (χ4n) is 3.41. The molecule has 2 aromatic heterocycles. The molecule has 8 nitrogen and oxygen atoms in total. The van der Waals surface area contributed by atoms with Gasteiger partial charge in [0, 0.05) is 29.3 Å². The number of ether oxygens (including phenoxy) is 1. The average Bonchev–Trinajstić information content (AvgIpc) is 3.34. The maximum Gasteiger partial charge on any atom is 0.286 e. The van der Waals surface area contributed by atoms with Crippen LogP contribution in [-0.4, -0.2) is 32.4 Å². The Kier molecular flexibility index (Phi) is 5.64. The van der Waals surface area contributed by atoms with E-state index >= 15 is 0 Å². The number of hydrazine groups is 1. The number of thiocarbonyl (C=S) groups is 1. The van der Waals surface area contributed by atoms with Gasteiger partial charge in [0.2, 0.25) is 0 Å². The number of amides is 1. The van der Waals surface area contributed by atoms with E-state index in [1.807, 2.05) is 12.3 Å². The Balaban J connectivity index is 1.80. The molecule has 0 aliphatic carbocycles. The molecule has 4 rings (SSSR count). The van der Waals surface area contributed by atoms with Crippen LogP contribution in [0, 0.1) is 0 Å². The largest absolute Gasteiger partial charge is 0.375 e. The maximum absolute atomic E-state index is 12.8. The van der Waals surface area contributed by atoms with Crippen LogP contribution < -0.4 is 16.6 Å². The van der Waals surface area contributed by atoms with Gasteiger partial charge < -0.3 is 15.5 Å². The van der Waals surface area contributed by atoms with Crippen LogP contribution in [0.2, 0.25) is 10.0 Å². The molecule has 1 saturated heterocycles. The molecule has 3 aromatic rings. The molecule has 11 heteroatoms. The van der Waals surface area contributed by atoms with Crippen molar-refractivity contribution >= 4 is 57.3 Å². The van der Waals surface area contributed by atoms with Crippen molar-refractivity contribution in [2.75, 3.05) is 6.61 Å². The van der Waals surface area contributed by atoms with Crippen molar-refractivity contribution in [3.63, 3.8) is 0 Å². The molecule has 1 fully saturated rings. The second kappa shape index (κ2) is 8.19. The lowest BCUT2D eigenvalue weighted by atomic mass is 10.0. The van der Waals surface area contributed by atoms with Crippen LogP contribution in [0.3, 0.4) is 0 Å². The van der Waals surface area contributed by atoms with E-state index in [2.05, 4.69) is 20.9 Å². The number of fused-ring (bicyclic) bond motifs is 1. The Morgan fingerprint density at radius 3 is 2.90 bits per heavy atom. The monoisotopic (exact) mass is 452 g/mol. The summed E-state index contributed by atoms with van der Waals surface area (Å²) in [4.78, 5) is 15.8. The first-order valence-corrected chi connectivity index (χ1v) is 10.1. The van der Waals surface area contributed by atoms with Crippen LogP contribution in [-0.2, 0) is 4.74 Å². The highest BCUT2D eigenvalue weighted by molar-refractivity contribution is 7.80. The number of nitrogens with two attached hydrogens (primary N) is 1. The van der Waals surface area contributed by atoms with E-state index in [4.69, 9.17) is 45.9 Å². The van der Waals surface area contributed by atoms with Gasteiger partial charge in [0.1, 0.15) is 11.9 Å². The third-order valence-electron chi connectivity index (χ3n) is 4.73. The first-order chi connectivity index (χ1) is 14.0. The van der Waals surface area contributed by atoms with Crippen molar-refractivity contribution in [3.05, 3.63) is 40.3 Å². The molecule has 1 aliphatic rings. The molecule has 3 heterocycles. The van der Waals surface area contributed by atoms with Crippen molar-refractivity contribution in [2.24, 2.45) is 5.73 Å². The summed E-state index contributed by atoms with van der Waals surface area (Å²) in [5.41, 5.74) is 12.5. The number of H-pyrrole nitrogens is 1. The van der Waals surface area contributed by atoms with Crippen LogP contribution in [0.15, 0.2) is 24.5 Å². The zero-order chi connectivity index (χ0) is 20.5. The van der Waals surface area contributed by atoms with E-state index in [1.54, 1.807) is 16.9 Å². The molecule has 29 heavy (non-hydrogen) atoms. The highest BCUT2D eigenvalue weighted by Gasteiger charge is 2.24. The fourth-order valence-corrected chi connectivity index (χ4v) is 3.83. The zero-order valence-electron chi connectivity index (χ0n) is 15.2. The Morgan fingerprint density at radius 1 is 1.34 bits per heavy atom. The summed E-state index contributed by atoms with van der Waals surface area (Å²) < 4.78 is 7.57. The predicted molar refractivity (Wildman–Crippen MR) is 116 cm³/mol. The van der Waals surface area contributed by atoms with Crippen molar-refractivity contribution in [2.45, 2.75) is 25.5 Å². The minimum Gasteiger partial charge on any atom is -0.375 e. The van der Waals surface area contributed by atoms with Crippen LogP contribution >= 0.6 is 35.4 Å². The predicted octanol–water partition coefficient (Wildman–Crippen LogP) is 3.52. The SMILES string of the molecule is NC(=S)NNC(=O)c1[nH]c2c(Cl)c(Cl)ccc2c1-c1cnn(C2CCCCO2)c1. The molecule has 0 bridgehead atoms. The van der Waals surface area contributed by atoms with Gasteiger partial charge in [-0.05, 0) is 37.5 Å². The Labute approximate surface area is 181 Å². The second-order valence-corrected chi connectivity index (χ2v) is 7.86. The quantitative estimate of drug-likeness (QED) is 0.357.